The zero-order chi connectivity index (χ0) is 26.0. The lowest BCUT2D eigenvalue weighted by Gasteiger charge is -2.29. The second kappa shape index (κ2) is 13.2. The largest absolute Gasteiger partial charge is 0.493 e. The van der Waals surface area contributed by atoms with Gasteiger partial charge in [-0.2, -0.15) is 0 Å². The van der Waals surface area contributed by atoms with Crippen LogP contribution in [0.3, 0.4) is 0 Å². The van der Waals surface area contributed by atoms with E-state index in [-0.39, 0.29) is 23.1 Å². The van der Waals surface area contributed by atoms with Crippen LogP contribution in [0.15, 0.2) is 42.6 Å². The number of carbonyl (C=O) groups is 3. The van der Waals surface area contributed by atoms with Crippen molar-refractivity contribution in [3.05, 3.63) is 48.3 Å². The van der Waals surface area contributed by atoms with E-state index in [1.54, 1.807) is 0 Å². The molecule has 1 N–H and O–H groups in total. The molecule has 0 spiro atoms. The monoisotopic (exact) mass is 488 g/mol. The normalized spacial score (nSPS) is 13.2. The van der Waals surface area contributed by atoms with Gasteiger partial charge in [0.15, 0.2) is 17.2 Å². The molecule has 0 saturated heterocycles. The van der Waals surface area contributed by atoms with Crippen LogP contribution in [0.25, 0.3) is 0 Å². The maximum Gasteiger partial charge on any atom is 0.328 e. The summed E-state index contributed by atoms with van der Waals surface area (Å²) in [5.41, 5.74) is -0.141. The second-order valence-electron chi connectivity index (χ2n) is 8.07. The number of benzene rings is 1. The van der Waals surface area contributed by atoms with Gasteiger partial charge in [0.2, 0.25) is 6.79 Å². The van der Waals surface area contributed by atoms with Crippen LogP contribution in [0, 0.1) is 5.92 Å². The Labute approximate surface area is 204 Å². The first-order valence-corrected chi connectivity index (χ1v) is 11.2. The van der Waals surface area contributed by atoms with Crippen molar-refractivity contribution in [2.24, 2.45) is 5.92 Å². The fourth-order valence-electron chi connectivity index (χ4n) is 3.18. The van der Waals surface area contributed by atoms with Gasteiger partial charge < -0.3 is 29.0 Å². The van der Waals surface area contributed by atoms with Gasteiger partial charge in [0.05, 0.1) is 7.11 Å². The molecule has 1 heterocycles. The molecule has 0 aliphatic heterocycles. The molecule has 10 nitrogen and oxygen atoms in total. The molecule has 2 rings (SSSR count). The van der Waals surface area contributed by atoms with Crippen molar-refractivity contribution in [3.8, 4) is 17.2 Å². The molecular weight excluding hydrogens is 456 g/mol. The third kappa shape index (κ3) is 8.16. The molecule has 0 radical (unpaired) electrons. The molecule has 3 atom stereocenters. The van der Waals surface area contributed by atoms with E-state index in [4.69, 9.17) is 23.7 Å². The number of rotatable bonds is 12. The first-order chi connectivity index (χ1) is 16.6. The van der Waals surface area contributed by atoms with Gasteiger partial charge in [-0.3, -0.25) is 9.59 Å². The molecule has 0 saturated carbocycles. The van der Waals surface area contributed by atoms with Crippen LogP contribution in [0.2, 0.25) is 0 Å². The van der Waals surface area contributed by atoms with Gasteiger partial charge in [-0.15, -0.1) is 0 Å². The highest BCUT2D eigenvalue weighted by Gasteiger charge is 2.30. The lowest BCUT2D eigenvalue weighted by atomic mass is 10.0. The molecule has 0 aliphatic rings. The summed E-state index contributed by atoms with van der Waals surface area (Å²) in [6, 6.07) is 9.72. The van der Waals surface area contributed by atoms with Crippen LogP contribution in [0.4, 0.5) is 0 Å². The lowest BCUT2D eigenvalue weighted by Crippen LogP contribution is -2.45. The Bertz CT molecular complexity index is 996. The first kappa shape index (κ1) is 27.4. The fourth-order valence-corrected chi connectivity index (χ4v) is 3.18. The molecule has 0 fully saturated rings. The number of nitrogens with one attached hydrogen (secondary N) is 1. The highest BCUT2D eigenvalue weighted by atomic mass is 16.7. The molecule has 0 aliphatic carbocycles. The van der Waals surface area contributed by atoms with E-state index in [0.717, 1.165) is 0 Å². The minimum absolute atomic E-state index is 0.0285. The fraction of sp³-hybridized carbons (Fsp3) is 0.440. The maximum atomic E-state index is 12.9. The van der Waals surface area contributed by atoms with Gasteiger partial charge in [0.1, 0.15) is 24.0 Å². The summed E-state index contributed by atoms with van der Waals surface area (Å²) in [5, 5.41) is 2.56. The number of amides is 1. The van der Waals surface area contributed by atoms with Crippen LogP contribution < -0.4 is 19.5 Å². The molecule has 35 heavy (non-hydrogen) atoms. The van der Waals surface area contributed by atoms with Crippen LogP contribution >= 0.6 is 0 Å². The van der Waals surface area contributed by atoms with E-state index in [0.29, 0.717) is 5.75 Å². The van der Waals surface area contributed by atoms with Gasteiger partial charge in [0.25, 0.3) is 5.91 Å². The molecule has 10 heteroatoms. The highest BCUT2D eigenvalue weighted by Crippen LogP contribution is 2.29. The first-order valence-electron chi connectivity index (χ1n) is 11.2. The summed E-state index contributed by atoms with van der Waals surface area (Å²) in [7, 11) is 1.39. The number of pyridine rings is 1. The third-order valence-electron chi connectivity index (χ3n) is 4.91. The predicted molar refractivity (Wildman–Crippen MR) is 126 cm³/mol. The molecule has 2 aromatic rings. The zero-order valence-electron chi connectivity index (χ0n) is 20.8. The van der Waals surface area contributed by atoms with E-state index >= 15 is 0 Å². The maximum absolute atomic E-state index is 12.9. The summed E-state index contributed by atoms with van der Waals surface area (Å²) in [6.45, 7) is 7.93. The van der Waals surface area contributed by atoms with Crippen molar-refractivity contribution in [1.29, 1.82) is 0 Å². The number of ether oxygens (including phenoxy) is 5. The number of methoxy groups -OCH3 is 1. The summed E-state index contributed by atoms with van der Waals surface area (Å²) in [4.78, 5) is 40.8. The van der Waals surface area contributed by atoms with E-state index in [1.165, 1.54) is 33.2 Å². The van der Waals surface area contributed by atoms with Crippen LogP contribution in [0.5, 0.6) is 17.2 Å². The molecule has 190 valence electrons. The Morgan fingerprint density at radius 3 is 2.31 bits per heavy atom. The predicted octanol–water partition coefficient (Wildman–Crippen LogP) is 3.14. The summed E-state index contributed by atoms with van der Waals surface area (Å²) >= 11 is 0. The van der Waals surface area contributed by atoms with E-state index in [9.17, 15) is 14.4 Å². The number of carbonyl (C=O) groups excluding carboxylic acids is 3. The van der Waals surface area contributed by atoms with Crippen molar-refractivity contribution in [3.63, 3.8) is 0 Å². The quantitative estimate of drug-likeness (QED) is 0.355. The number of para-hydroxylation sites is 1. The van der Waals surface area contributed by atoms with E-state index in [1.807, 2.05) is 51.1 Å². The number of esters is 2. The number of hydrogen-bond acceptors (Lipinski definition) is 9. The topological polar surface area (TPSA) is 122 Å². The lowest BCUT2D eigenvalue weighted by molar-refractivity contribution is -0.158. The number of nitrogens with zero attached hydrogens (tertiary/aromatic N) is 1. The zero-order valence-corrected chi connectivity index (χ0v) is 20.8. The second-order valence-corrected chi connectivity index (χ2v) is 8.07. The molecule has 0 bridgehead atoms. The number of hydrogen-bond donors (Lipinski definition) is 1. The smallest absolute Gasteiger partial charge is 0.328 e. The van der Waals surface area contributed by atoms with E-state index < -0.39 is 42.9 Å². The van der Waals surface area contributed by atoms with Crippen LogP contribution in [-0.4, -0.2) is 55.0 Å². The minimum Gasteiger partial charge on any atom is -0.493 e. The Morgan fingerprint density at radius 2 is 1.71 bits per heavy atom. The Hall–Kier alpha value is -3.82. The Morgan fingerprint density at radius 1 is 1.03 bits per heavy atom. The van der Waals surface area contributed by atoms with Crippen molar-refractivity contribution < 1.29 is 38.1 Å². The third-order valence-corrected chi connectivity index (χ3v) is 4.91. The molecule has 1 aromatic carbocycles. The molecule has 1 amide bonds. The van der Waals surface area contributed by atoms with Crippen LogP contribution in [-0.2, 0) is 19.1 Å². The Kier molecular flexibility index (Phi) is 10.3. The van der Waals surface area contributed by atoms with Crippen LogP contribution in [0.1, 0.15) is 45.1 Å². The standard InChI is InChI=1S/C25H32N2O8/c1-15(2)22(17(4)34-19-10-8-7-9-11-19)35-25(30)16(3)27-24(29)21-23(33-14-32-18(5)28)20(31-6)12-13-26-21/h7-13,15-17,22H,14H2,1-6H3,(H,27,29)/t16-,17-,22?/m0/s1. The summed E-state index contributed by atoms with van der Waals surface area (Å²) in [5.74, 6) is -1.08. The van der Waals surface area contributed by atoms with Crippen molar-refractivity contribution >= 4 is 17.8 Å². The van der Waals surface area contributed by atoms with Crippen molar-refractivity contribution in [2.75, 3.05) is 13.9 Å². The van der Waals surface area contributed by atoms with Gasteiger partial charge in [0, 0.05) is 19.2 Å². The van der Waals surface area contributed by atoms with Gasteiger partial charge >= 0.3 is 11.9 Å². The average Bonchev–Trinajstić information content (AvgIpc) is 2.82. The summed E-state index contributed by atoms with van der Waals surface area (Å²) in [6.07, 6.45) is 0.373. The van der Waals surface area contributed by atoms with Crippen molar-refractivity contribution in [2.45, 2.75) is 52.9 Å². The molecule has 1 aromatic heterocycles. The molecule has 1 unspecified atom stereocenters. The highest BCUT2D eigenvalue weighted by molar-refractivity contribution is 5.98. The average molecular weight is 489 g/mol. The van der Waals surface area contributed by atoms with E-state index in [2.05, 4.69) is 10.3 Å². The number of aromatic nitrogens is 1. The molecular formula is C25H32N2O8. The Balaban J connectivity index is 2.08. The summed E-state index contributed by atoms with van der Waals surface area (Å²) < 4.78 is 27.0. The minimum atomic E-state index is -0.998. The van der Waals surface area contributed by atoms with Gasteiger partial charge in [-0.25, -0.2) is 9.78 Å². The van der Waals surface area contributed by atoms with Gasteiger partial charge in [-0.05, 0) is 31.9 Å². The van der Waals surface area contributed by atoms with Gasteiger partial charge in [-0.1, -0.05) is 32.0 Å². The van der Waals surface area contributed by atoms with Crippen molar-refractivity contribution in [1.82, 2.24) is 10.3 Å². The SMILES string of the molecule is COc1ccnc(C(=O)N[C@@H](C)C(=O)OC(C(C)C)[C@H](C)Oc2ccccc2)c1OCOC(C)=O.